The second kappa shape index (κ2) is 5.12. The lowest BCUT2D eigenvalue weighted by molar-refractivity contribution is -0.126. The van der Waals surface area contributed by atoms with E-state index in [0.717, 1.165) is 19.3 Å². The van der Waals surface area contributed by atoms with Crippen LogP contribution >= 0.6 is 0 Å². The number of ether oxygens (including phenoxy) is 1. The number of carbonyl (C=O) groups is 1. The molecule has 4 unspecified atom stereocenters. The van der Waals surface area contributed by atoms with Gasteiger partial charge in [-0.3, -0.25) is 4.79 Å². The summed E-state index contributed by atoms with van der Waals surface area (Å²) in [4.78, 5) is 11.9. The third-order valence-electron chi connectivity index (χ3n) is 3.68. The summed E-state index contributed by atoms with van der Waals surface area (Å²) in [5.74, 6) is -0.0298. The van der Waals surface area contributed by atoms with Gasteiger partial charge >= 0.3 is 0 Å². The van der Waals surface area contributed by atoms with Crippen molar-refractivity contribution in [3.05, 3.63) is 0 Å². The molecule has 1 aliphatic carbocycles. The molecule has 92 valence electrons. The lowest BCUT2D eigenvalue weighted by Crippen LogP contribution is -2.46. The van der Waals surface area contributed by atoms with Gasteiger partial charge in [-0.2, -0.15) is 0 Å². The third-order valence-corrected chi connectivity index (χ3v) is 3.68. The molecular formula is C11H20N2O3. The van der Waals surface area contributed by atoms with Crippen LogP contribution in [0.3, 0.4) is 0 Å². The number of aliphatic hydroxyl groups excluding tert-OH is 1. The van der Waals surface area contributed by atoms with E-state index in [1.54, 1.807) is 0 Å². The molecule has 1 heterocycles. The van der Waals surface area contributed by atoms with Gasteiger partial charge in [0, 0.05) is 24.6 Å². The molecular weight excluding hydrogens is 208 g/mol. The molecule has 4 N–H and O–H groups in total. The van der Waals surface area contributed by atoms with Crippen LogP contribution in [0.1, 0.15) is 19.3 Å². The Bertz CT molecular complexity index is 260. The SMILES string of the molecule is NC1COCC1C(=O)NC1CCCC1CO. The molecule has 1 saturated carbocycles. The Kier molecular flexibility index (Phi) is 3.78. The summed E-state index contributed by atoms with van der Waals surface area (Å²) in [5.41, 5.74) is 5.79. The van der Waals surface area contributed by atoms with Gasteiger partial charge in [-0.15, -0.1) is 0 Å². The van der Waals surface area contributed by atoms with Crippen LogP contribution in [-0.4, -0.2) is 42.9 Å². The molecule has 1 amide bonds. The van der Waals surface area contributed by atoms with Crippen molar-refractivity contribution >= 4 is 5.91 Å². The topological polar surface area (TPSA) is 84.6 Å². The quantitative estimate of drug-likeness (QED) is 0.592. The fourth-order valence-corrected chi connectivity index (χ4v) is 2.58. The molecule has 0 aromatic rings. The summed E-state index contributed by atoms with van der Waals surface area (Å²) in [6.45, 7) is 1.04. The van der Waals surface area contributed by atoms with Crippen LogP contribution in [0.25, 0.3) is 0 Å². The Hall–Kier alpha value is -0.650. The maximum absolute atomic E-state index is 11.9. The van der Waals surface area contributed by atoms with Crippen LogP contribution in [0, 0.1) is 11.8 Å². The highest BCUT2D eigenvalue weighted by Crippen LogP contribution is 2.25. The molecule has 0 aromatic carbocycles. The maximum atomic E-state index is 11.9. The van der Waals surface area contributed by atoms with Gasteiger partial charge in [-0.25, -0.2) is 0 Å². The molecule has 2 aliphatic rings. The van der Waals surface area contributed by atoms with Gasteiger partial charge in [0.25, 0.3) is 0 Å². The molecule has 1 aliphatic heterocycles. The second-order valence-corrected chi connectivity index (χ2v) is 4.80. The van der Waals surface area contributed by atoms with E-state index in [4.69, 9.17) is 15.6 Å². The van der Waals surface area contributed by atoms with Gasteiger partial charge in [-0.05, 0) is 12.8 Å². The molecule has 4 atom stereocenters. The molecule has 5 nitrogen and oxygen atoms in total. The van der Waals surface area contributed by atoms with Crippen molar-refractivity contribution in [1.82, 2.24) is 5.32 Å². The van der Waals surface area contributed by atoms with Crippen LogP contribution in [0.15, 0.2) is 0 Å². The van der Waals surface area contributed by atoms with Gasteiger partial charge in [0.05, 0.1) is 19.1 Å². The largest absolute Gasteiger partial charge is 0.396 e. The number of carbonyl (C=O) groups excluding carboxylic acids is 1. The second-order valence-electron chi connectivity index (χ2n) is 4.80. The fraction of sp³-hybridized carbons (Fsp3) is 0.909. The van der Waals surface area contributed by atoms with Gasteiger partial charge in [0.1, 0.15) is 0 Å². The predicted molar refractivity (Wildman–Crippen MR) is 58.6 cm³/mol. The van der Waals surface area contributed by atoms with Gasteiger partial charge in [0.15, 0.2) is 0 Å². The number of nitrogens with two attached hydrogens (primary N) is 1. The Balaban J connectivity index is 1.86. The van der Waals surface area contributed by atoms with Crippen LogP contribution in [-0.2, 0) is 9.53 Å². The van der Waals surface area contributed by atoms with E-state index < -0.39 is 0 Å². The molecule has 0 bridgehead atoms. The minimum absolute atomic E-state index is 0.0182. The summed E-state index contributed by atoms with van der Waals surface area (Å²) in [7, 11) is 0. The summed E-state index contributed by atoms with van der Waals surface area (Å²) < 4.78 is 5.17. The minimum Gasteiger partial charge on any atom is -0.396 e. The zero-order valence-electron chi connectivity index (χ0n) is 9.39. The van der Waals surface area contributed by atoms with Gasteiger partial charge < -0.3 is 20.9 Å². The van der Waals surface area contributed by atoms with Crippen molar-refractivity contribution in [2.24, 2.45) is 17.6 Å². The van der Waals surface area contributed by atoms with Crippen LogP contribution in [0.4, 0.5) is 0 Å². The summed E-state index contributed by atoms with van der Waals surface area (Å²) >= 11 is 0. The van der Waals surface area contributed by atoms with E-state index in [2.05, 4.69) is 5.32 Å². The van der Waals surface area contributed by atoms with Crippen molar-refractivity contribution in [2.45, 2.75) is 31.3 Å². The highest BCUT2D eigenvalue weighted by atomic mass is 16.5. The van der Waals surface area contributed by atoms with E-state index in [1.807, 2.05) is 0 Å². The summed E-state index contributed by atoms with van der Waals surface area (Å²) in [6, 6.07) is -0.0701. The zero-order valence-corrected chi connectivity index (χ0v) is 9.39. The molecule has 0 radical (unpaired) electrons. The average molecular weight is 228 g/mol. The standard InChI is InChI=1S/C11H20N2O3/c12-9-6-16-5-8(9)11(15)13-10-3-1-2-7(10)4-14/h7-10,14H,1-6,12H2,(H,13,15). The van der Waals surface area contributed by atoms with Crippen molar-refractivity contribution in [3.63, 3.8) is 0 Å². The highest BCUT2D eigenvalue weighted by Gasteiger charge is 2.35. The van der Waals surface area contributed by atoms with E-state index in [9.17, 15) is 4.79 Å². The first kappa shape index (κ1) is 11.8. The van der Waals surface area contributed by atoms with E-state index >= 15 is 0 Å². The van der Waals surface area contributed by atoms with E-state index in [0.29, 0.717) is 13.2 Å². The first-order valence-electron chi connectivity index (χ1n) is 5.97. The smallest absolute Gasteiger partial charge is 0.227 e. The molecule has 2 fully saturated rings. The van der Waals surface area contributed by atoms with Crippen molar-refractivity contribution in [3.8, 4) is 0 Å². The van der Waals surface area contributed by atoms with Crippen LogP contribution in [0.2, 0.25) is 0 Å². The third kappa shape index (κ3) is 2.36. The van der Waals surface area contributed by atoms with E-state index in [1.165, 1.54) is 0 Å². The number of rotatable bonds is 3. The maximum Gasteiger partial charge on any atom is 0.227 e. The van der Waals surface area contributed by atoms with Crippen LogP contribution < -0.4 is 11.1 Å². The molecule has 0 spiro atoms. The lowest BCUT2D eigenvalue weighted by Gasteiger charge is -2.22. The predicted octanol–water partition coefficient (Wildman–Crippen LogP) is -0.763. The van der Waals surface area contributed by atoms with Crippen molar-refractivity contribution in [2.75, 3.05) is 19.8 Å². The average Bonchev–Trinajstić information content (AvgIpc) is 2.86. The number of hydrogen-bond acceptors (Lipinski definition) is 4. The molecule has 2 rings (SSSR count). The summed E-state index contributed by atoms with van der Waals surface area (Å²) in [6.07, 6.45) is 3.03. The van der Waals surface area contributed by atoms with Gasteiger partial charge in [0.2, 0.25) is 5.91 Å². The number of nitrogens with one attached hydrogen (secondary N) is 1. The first-order chi connectivity index (χ1) is 7.72. The van der Waals surface area contributed by atoms with E-state index in [-0.39, 0.29) is 36.4 Å². The number of hydrogen-bond donors (Lipinski definition) is 3. The minimum atomic E-state index is -0.222. The van der Waals surface area contributed by atoms with Crippen molar-refractivity contribution < 1.29 is 14.6 Å². The molecule has 1 saturated heterocycles. The lowest BCUT2D eigenvalue weighted by atomic mass is 10.0. The monoisotopic (exact) mass is 228 g/mol. The normalized spacial score (nSPS) is 38.9. The first-order valence-corrected chi connectivity index (χ1v) is 5.97. The Morgan fingerprint density at radius 1 is 1.44 bits per heavy atom. The zero-order chi connectivity index (χ0) is 11.5. The Labute approximate surface area is 95.3 Å². The molecule has 16 heavy (non-hydrogen) atoms. The molecule has 5 heteroatoms. The van der Waals surface area contributed by atoms with Gasteiger partial charge in [-0.1, -0.05) is 6.42 Å². The number of aliphatic hydroxyl groups is 1. The highest BCUT2D eigenvalue weighted by molar-refractivity contribution is 5.80. The summed E-state index contributed by atoms with van der Waals surface area (Å²) in [5, 5.41) is 12.2. The fourth-order valence-electron chi connectivity index (χ4n) is 2.58. The van der Waals surface area contributed by atoms with Crippen molar-refractivity contribution in [1.29, 1.82) is 0 Å². The number of amides is 1. The Morgan fingerprint density at radius 3 is 2.88 bits per heavy atom. The van der Waals surface area contributed by atoms with Crippen LogP contribution in [0.5, 0.6) is 0 Å². The Morgan fingerprint density at radius 2 is 2.25 bits per heavy atom. The molecule has 0 aromatic heterocycles.